The van der Waals surface area contributed by atoms with E-state index in [4.69, 9.17) is 23.7 Å². The first-order chi connectivity index (χ1) is 13.8. The molecule has 2 aromatic carbocycles. The molecular formula is C22H28O6. The molecule has 0 aromatic heterocycles. The second-order valence-corrected chi connectivity index (χ2v) is 6.68. The Morgan fingerprint density at radius 1 is 0.750 bits per heavy atom. The number of rotatable bonds is 9. The Kier molecular flexibility index (Phi) is 7.97. The van der Waals surface area contributed by atoms with Crippen LogP contribution in [0, 0.1) is 0 Å². The van der Waals surface area contributed by atoms with Gasteiger partial charge in [0.15, 0.2) is 6.29 Å². The van der Waals surface area contributed by atoms with Crippen molar-refractivity contribution in [1.29, 1.82) is 0 Å². The monoisotopic (exact) mass is 388 g/mol. The van der Waals surface area contributed by atoms with Crippen molar-refractivity contribution in [2.45, 2.75) is 43.9 Å². The highest BCUT2D eigenvalue weighted by atomic mass is 16.7. The minimum atomic E-state index is -0.653. The average molecular weight is 388 g/mol. The van der Waals surface area contributed by atoms with Gasteiger partial charge in [-0.3, -0.25) is 0 Å². The molecule has 0 radical (unpaired) electrons. The summed E-state index contributed by atoms with van der Waals surface area (Å²) in [4.78, 5) is 0. The summed E-state index contributed by atoms with van der Waals surface area (Å²) in [6, 6.07) is 19.7. The summed E-state index contributed by atoms with van der Waals surface area (Å²) in [7, 11) is 3.14. The van der Waals surface area contributed by atoms with Gasteiger partial charge in [0, 0.05) is 14.2 Å². The Balaban J connectivity index is 1.77. The smallest absolute Gasteiger partial charge is 0.186 e. The quantitative estimate of drug-likeness (QED) is 0.712. The van der Waals surface area contributed by atoms with E-state index in [1.165, 1.54) is 0 Å². The van der Waals surface area contributed by atoms with Crippen LogP contribution in [0.3, 0.4) is 0 Å². The molecule has 1 aliphatic heterocycles. The Hall–Kier alpha value is -1.80. The topological polar surface area (TPSA) is 66.4 Å². The van der Waals surface area contributed by atoms with E-state index in [0.717, 1.165) is 11.1 Å². The predicted octanol–water partition coefficient (Wildman–Crippen LogP) is 2.54. The Labute approximate surface area is 165 Å². The number of methoxy groups -OCH3 is 2. The lowest BCUT2D eigenvalue weighted by Crippen LogP contribution is -2.61. The minimum Gasteiger partial charge on any atom is -0.394 e. The zero-order chi connectivity index (χ0) is 19.8. The SMILES string of the molecule is CO[C@@H]1O[C@H](CO)[C@H](OCc2ccccc2)[C@@H](OCc2ccccc2)[C@H]1OC. The molecule has 2 aromatic rings. The van der Waals surface area contributed by atoms with Gasteiger partial charge in [-0.1, -0.05) is 60.7 Å². The maximum Gasteiger partial charge on any atom is 0.186 e. The predicted molar refractivity (Wildman–Crippen MR) is 104 cm³/mol. The van der Waals surface area contributed by atoms with Crippen LogP contribution in [0.25, 0.3) is 0 Å². The molecule has 0 bridgehead atoms. The van der Waals surface area contributed by atoms with Crippen molar-refractivity contribution in [3.05, 3.63) is 71.8 Å². The molecule has 0 saturated carbocycles. The molecule has 3 rings (SSSR count). The second-order valence-electron chi connectivity index (χ2n) is 6.68. The van der Waals surface area contributed by atoms with E-state index < -0.39 is 30.7 Å². The van der Waals surface area contributed by atoms with E-state index in [0.29, 0.717) is 13.2 Å². The fraction of sp³-hybridized carbons (Fsp3) is 0.455. The molecule has 152 valence electrons. The number of hydrogen-bond donors (Lipinski definition) is 1. The molecule has 1 N–H and O–H groups in total. The number of aliphatic hydroxyl groups is 1. The molecule has 1 aliphatic rings. The average Bonchev–Trinajstić information content (AvgIpc) is 2.76. The highest BCUT2D eigenvalue weighted by Crippen LogP contribution is 2.29. The lowest BCUT2D eigenvalue weighted by atomic mass is 9.98. The van der Waals surface area contributed by atoms with Crippen LogP contribution in [-0.4, -0.2) is 56.6 Å². The molecule has 0 amide bonds. The largest absolute Gasteiger partial charge is 0.394 e. The maximum absolute atomic E-state index is 9.88. The number of aliphatic hydroxyl groups excluding tert-OH is 1. The minimum absolute atomic E-state index is 0.207. The van der Waals surface area contributed by atoms with Crippen LogP contribution in [-0.2, 0) is 36.9 Å². The van der Waals surface area contributed by atoms with Crippen LogP contribution in [0.5, 0.6) is 0 Å². The lowest BCUT2D eigenvalue weighted by molar-refractivity contribution is -0.315. The summed E-state index contributed by atoms with van der Waals surface area (Å²) in [6.45, 7) is 0.566. The molecule has 0 unspecified atom stereocenters. The number of hydrogen-bond acceptors (Lipinski definition) is 6. The Morgan fingerprint density at radius 3 is 1.75 bits per heavy atom. The van der Waals surface area contributed by atoms with E-state index in [-0.39, 0.29) is 6.61 Å². The van der Waals surface area contributed by atoms with Gasteiger partial charge in [0.1, 0.15) is 24.4 Å². The summed E-state index contributed by atoms with van der Waals surface area (Å²) in [6.07, 6.45) is -2.70. The van der Waals surface area contributed by atoms with E-state index in [9.17, 15) is 5.11 Å². The van der Waals surface area contributed by atoms with Crippen molar-refractivity contribution in [2.75, 3.05) is 20.8 Å². The van der Waals surface area contributed by atoms with Crippen molar-refractivity contribution in [1.82, 2.24) is 0 Å². The first-order valence-electron chi connectivity index (χ1n) is 9.39. The van der Waals surface area contributed by atoms with E-state index in [1.54, 1.807) is 14.2 Å². The highest BCUT2D eigenvalue weighted by molar-refractivity contribution is 5.14. The molecule has 6 nitrogen and oxygen atoms in total. The van der Waals surface area contributed by atoms with Gasteiger partial charge in [0.05, 0.1) is 19.8 Å². The molecule has 5 atom stereocenters. The van der Waals surface area contributed by atoms with Crippen molar-refractivity contribution in [2.24, 2.45) is 0 Å². The van der Waals surface area contributed by atoms with Crippen LogP contribution in [0.2, 0.25) is 0 Å². The van der Waals surface area contributed by atoms with Gasteiger partial charge >= 0.3 is 0 Å². The summed E-state index contributed by atoms with van der Waals surface area (Å²) in [5.41, 5.74) is 2.07. The summed E-state index contributed by atoms with van der Waals surface area (Å²) in [5, 5.41) is 9.88. The summed E-state index contributed by atoms with van der Waals surface area (Å²) < 4.78 is 29.3. The maximum atomic E-state index is 9.88. The van der Waals surface area contributed by atoms with Gasteiger partial charge in [-0.25, -0.2) is 0 Å². The van der Waals surface area contributed by atoms with Crippen LogP contribution in [0.1, 0.15) is 11.1 Å². The van der Waals surface area contributed by atoms with Gasteiger partial charge in [-0.15, -0.1) is 0 Å². The second kappa shape index (κ2) is 10.7. The highest BCUT2D eigenvalue weighted by Gasteiger charge is 2.48. The van der Waals surface area contributed by atoms with Crippen molar-refractivity contribution >= 4 is 0 Å². The van der Waals surface area contributed by atoms with Gasteiger partial charge < -0.3 is 28.8 Å². The van der Waals surface area contributed by atoms with E-state index in [1.807, 2.05) is 60.7 Å². The zero-order valence-electron chi connectivity index (χ0n) is 16.3. The van der Waals surface area contributed by atoms with Gasteiger partial charge in [0.25, 0.3) is 0 Å². The van der Waals surface area contributed by atoms with Crippen LogP contribution in [0.15, 0.2) is 60.7 Å². The molecule has 1 fully saturated rings. The lowest BCUT2D eigenvalue weighted by Gasteiger charge is -2.44. The molecule has 1 heterocycles. The van der Waals surface area contributed by atoms with Crippen molar-refractivity contribution < 1.29 is 28.8 Å². The fourth-order valence-electron chi connectivity index (χ4n) is 3.39. The summed E-state index contributed by atoms with van der Waals surface area (Å²) in [5.74, 6) is 0. The molecule has 28 heavy (non-hydrogen) atoms. The first-order valence-corrected chi connectivity index (χ1v) is 9.39. The third-order valence-electron chi connectivity index (χ3n) is 4.85. The number of ether oxygens (including phenoxy) is 5. The van der Waals surface area contributed by atoms with Crippen LogP contribution >= 0.6 is 0 Å². The molecule has 0 spiro atoms. The molecule has 1 saturated heterocycles. The van der Waals surface area contributed by atoms with Crippen molar-refractivity contribution in [3.8, 4) is 0 Å². The third-order valence-corrected chi connectivity index (χ3v) is 4.85. The fourth-order valence-corrected chi connectivity index (χ4v) is 3.39. The molecular weight excluding hydrogens is 360 g/mol. The zero-order valence-corrected chi connectivity index (χ0v) is 16.3. The summed E-state index contributed by atoms with van der Waals surface area (Å²) >= 11 is 0. The van der Waals surface area contributed by atoms with Crippen molar-refractivity contribution in [3.63, 3.8) is 0 Å². The normalized spacial score (nSPS) is 27.6. The standard InChI is InChI=1S/C22H28O6/c1-24-21-20(27-15-17-11-7-4-8-12-17)19(18(13-23)28-22(21)25-2)26-14-16-9-5-3-6-10-16/h3-12,18-23H,13-15H2,1-2H3/t18-,19+,20-,21-,22-/m1/s1. The first kappa shape index (κ1) is 20.9. The molecule has 0 aliphatic carbocycles. The van der Waals surface area contributed by atoms with E-state index in [2.05, 4.69) is 0 Å². The molecule has 6 heteroatoms. The van der Waals surface area contributed by atoms with E-state index >= 15 is 0 Å². The van der Waals surface area contributed by atoms with Gasteiger partial charge in [-0.05, 0) is 11.1 Å². The Morgan fingerprint density at radius 2 is 1.29 bits per heavy atom. The number of benzene rings is 2. The van der Waals surface area contributed by atoms with Gasteiger partial charge in [-0.2, -0.15) is 0 Å². The van der Waals surface area contributed by atoms with Gasteiger partial charge in [0.2, 0.25) is 0 Å². The van der Waals surface area contributed by atoms with Crippen LogP contribution < -0.4 is 0 Å². The third kappa shape index (κ3) is 5.17. The van der Waals surface area contributed by atoms with Crippen LogP contribution in [0.4, 0.5) is 0 Å². The Bertz CT molecular complexity index is 680.